The van der Waals surface area contributed by atoms with Gasteiger partial charge in [-0.25, -0.2) is 0 Å². The van der Waals surface area contributed by atoms with Gasteiger partial charge in [0, 0.05) is 30.8 Å². The molecule has 6 nitrogen and oxygen atoms in total. The number of nitrogens with one attached hydrogen (secondary N) is 1. The third-order valence-electron chi connectivity index (χ3n) is 5.94. The van der Waals surface area contributed by atoms with Gasteiger partial charge in [0.15, 0.2) is 5.11 Å². The molecule has 1 aliphatic rings. The molecule has 1 saturated heterocycles. The minimum absolute atomic E-state index is 0.0202. The number of aromatic nitrogens is 3. The Balaban J connectivity index is 1.52. The molecule has 7 heteroatoms. The summed E-state index contributed by atoms with van der Waals surface area (Å²) in [5.41, 5.74) is 4.30. The van der Waals surface area contributed by atoms with E-state index < -0.39 is 0 Å². The summed E-state index contributed by atoms with van der Waals surface area (Å²) in [6.45, 7) is 1.37. The van der Waals surface area contributed by atoms with Gasteiger partial charge in [-0.1, -0.05) is 24.3 Å². The normalized spacial score (nSPS) is 17.7. The lowest BCUT2D eigenvalue weighted by molar-refractivity contribution is 0.298. The lowest BCUT2D eigenvalue weighted by Crippen LogP contribution is -2.30. The third-order valence-corrected chi connectivity index (χ3v) is 6.29. The Hall–Kier alpha value is -3.71. The fourth-order valence-electron chi connectivity index (χ4n) is 4.33. The van der Waals surface area contributed by atoms with Gasteiger partial charge in [0.2, 0.25) is 0 Å². The quantitative estimate of drug-likeness (QED) is 0.414. The average Bonchev–Trinajstić information content (AvgIpc) is 3.44. The van der Waals surface area contributed by atoms with Crippen LogP contribution in [0.4, 0.5) is 0 Å². The van der Waals surface area contributed by atoms with Crippen LogP contribution in [-0.2, 0) is 13.1 Å². The lowest BCUT2D eigenvalue weighted by atomic mass is 10.0. The molecule has 5 rings (SSSR count). The van der Waals surface area contributed by atoms with Crippen molar-refractivity contribution in [2.24, 2.45) is 0 Å². The van der Waals surface area contributed by atoms with Crippen LogP contribution >= 0.6 is 12.2 Å². The van der Waals surface area contributed by atoms with E-state index in [1.165, 1.54) is 0 Å². The standard InChI is InChI=1S/C26H25N5OS/c1-32-21-12-10-19(11-13-21)17-31-25(24(29-26(31)33)22-8-3-5-15-28-22)23-9-6-16-30(23)18-20-7-2-4-14-27-20/h2-16,24-25H,17-18H2,1H3,(H,29,33)/t24-,25-/m0/s1. The number of nitrogens with zero attached hydrogens (tertiary/aromatic N) is 4. The van der Waals surface area contributed by atoms with Gasteiger partial charge in [-0.15, -0.1) is 0 Å². The second kappa shape index (κ2) is 9.42. The highest BCUT2D eigenvalue weighted by atomic mass is 32.1. The Morgan fingerprint density at radius 1 is 0.909 bits per heavy atom. The van der Waals surface area contributed by atoms with E-state index in [1.807, 2.05) is 54.9 Å². The molecule has 0 saturated carbocycles. The lowest BCUT2D eigenvalue weighted by Gasteiger charge is -2.29. The largest absolute Gasteiger partial charge is 0.497 e. The van der Waals surface area contributed by atoms with Crippen molar-refractivity contribution in [3.8, 4) is 5.75 Å². The van der Waals surface area contributed by atoms with Crippen molar-refractivity contribution < 1.29 is 4.74 Å². The van der Waals surface area contributed by atoms with Crippen molar-refractivity contribution in [2.45, 2.75) is 25.2 Å². The van der Waals surface area contributed by atoms with Gasteiger partial charge in [-0.2, -0.15) is 0 Å². The first-order valence-electron chi connectivity index (χ1n) is 10.9. The maximum absolute atomic E-state index is 5.83. The first-order chi connectivity index (χ1) is 16.2. The summed E-state index contributed by atoms with van der Waals surface area (Å²) in [4.78, 5) is 11.4. The van der Waals surface area contributed by atoms with E-state index in [1.54, 1.807) is 7.11 Å². The molecule has 1 aliphatic heterocycles. The zero-order chi connectivity index (χ0) is 22.6. The Bertz CT molecular complexity index is 1210. The molecule has 1 N–H and O–H groups in total. The highest BCUT2D eigenvalue weighted by molar-refractivity contribution is 7.80. The predicted molar refractivity (Wildman–Crippen MR) is 132 cm³/mol. The molecule has 166 valence electrons. The number of ether oxygens (including phenoxy) is 1. The van der Waals surface area contributed by atoms with Crippen LogP contribution in [-0.4, -0.2) is 31.7 Å². The summed E-state index contributed by atoms with van der Waals surface area (Å²) < 4.78 is 7.57. The molecule has 1 aromatic carbocycles. The number of hydrogen-bond donors (Lipinski definition) is 1. The smallest absolute Gasteiger partial charge is 0.170 e. The van der Waals surface area contributed by atoms with Gasteiger partial charge in [-0.05, 0) is 66.3 Å². The molecule has 0 bridgehead atoms. The molecule has 0 unspecified atom stereocenters. The van der Waals surface area contributed by atoms with Gasteiger partial charge in [0.25, 0.3) is 0 Å². The number of benzene rings is 1. The topological polar surface area (TPSA) is 55.2 Å². The predicted octanol–water partition coefficient (Wildman–Crippen LogP) is 4.51. The molecular weight excluding hydrogens is 430 g/mol. The van der Waals surface area contributed by atoms with Crippen molar-refractivity contribution in [3.63, 3.8) is 0 Å². The van der Waals surface area contributed by atoms with Gasteiger partial charge < -0.3 is 19.5 Å². The summed E-state index contributed by atoms with van der Waals surface area (Å²) in [6, 6.07) is 24.3. The van der Waals surface area contributed by atoms with E-state index in [-0.39, 0.29) is 12.1 Å². The maximum Gasteiger partial charge on any atom is 0.170 e. The summed E-state index contributed by atoms with van der Waals surface area (Å²) in [5, 5.41) is 4.25. The monoisotopic (exact) mass is 455 g/mol. The minimum Gasteiger partial charge on any atom is -0.497 e. The zero-order valence-electron chi connectivity index (χ0n) is 18.3. The SMILES string of the molecule is COc1ccc(CN2C(=S)N[C@@H](c3ccccn3)[C@@H]2c2cccn2Cc2ccccn2)cc1. The van der Waals surface area contributed by atoms with E-state index in [4.69, 9.17) is 17.0 Å². The summed E-state index contributed by atoms with van der Waals surface area (Å²) in [5.74, 6) is 0.841. The Morgan fingerprint density at radius 2 is 1.70 bits per heavy atom. The highest BCUT2D eigenvalue weighted by Crippen LogP contribution is 2.39. The first kappa shape index (κ1) is 21.2. The highest BCUT2D eigenvalue weighted by Gasteiger charge is 2.41. The van der Waals surface area contributed by atoms with Crippen LogP contribution in [0.1, 0.15) is 34.7 Å². The van der Waals surface area contributed by atoms with Gasteiger partial charge in [-0.3, -0.25) is 9.97 Å². The fraction of sp³-hybridized carbons (Fsp3) is 0.192. The van der Waals surface area contributed by atoms with E-state index in [0.29, 0.717) is 13.1 Å². The summed E-state index contributed by atoms with van der Waals surface area (Å²) in [7, 11) is 1.68. The Labute approximate surface area is 198 Å². The number of rotatable bonds is 7. The van der Waals surface area contributed by atoms with Crippen LogP contribution in [0.15, 0.2) is 91.4 Å². The molecule has 0 aliphatic carbocycles. The van der Waals surface area contributed by atoms with Crippen LogP contribution in [0.5, 0.6) is 5.75 Å². The first-order valence-corrected chi connectivity index (χ1v) is 11.3. The van der Waals surface area contributed by atoms with Crippen molar-refractivity contribution in [3.05, 3.63) is 114 Å². The van der Waals surface area contributed by atoms with E-state index >= 15 is 0 Å². The molecule has 0 amide bonds. The number of methoxy groups -OCH3 is 1. The Morgan fingerprint density at radius 3 is 2.39 bits per heavy atom. The van der Waals surface area contributed by atoms with E-state index in [0.717, 1.165) is 33.5 Å². The summed E-state index contributed by atoms with van der Waals surface area (Å²) >= 11 is 5.83. The number of thiocarbonyl (C=S) groups is 1. The molecule has 4 aromatic rings. The van der Waals surface area contributed by atoms with Gasteiger partial charge in [0.05, 0.1) is 37.1 Å². The van der Waals surface area contributed by atoms with Gasteiger partial charge >= 0.3 is 0 Å². The fourth-order valence-corrected chi connectivity index (χ4v) is 4.64. The number of pyridine rings is 2. The van der Waals surface area contributed by atoms with Crippen LogP contribution in [0.2, 0.25) is 0 Å². The molecule has 33 heavy (non-hydrogen) atoms. The molecule has 4 heterocycles. The zero-order valence-corrected chi connectivity index (χ0v) is 19.2. The maximum atomic E-state index is 5.83. The third kappa shape index (κ3) is 4.45. The van der Waals surface area contributed by atoms with Gasteiger partial charge in [0.1, 0.15) is 5.75 Å². The van der Waals surface area contributed by atoms with E-state index in [9.17, 15) is 0 Å². The second-order valence-corrected chi connectivity index (χ2v) is 8.37. The van der Waals surface area contributed by atoms with Crippen molar-refractivity contribution in [2.75, 3.05) is 7.11 Å². The molecular formula is C26H25N5OS. The van der Waals surface area contributed by atoms with Crippen LogP contribution in [0.25, 0.3) is 0 Å². The second-order valence-electron chi connectivity index (χ2n) is 7.98. The van der Waals surface area contributed by atoms with Crippen molar-refractivity contribution in [1.29, 1.82) is 0 Å². The summed E-state index contributed by atoms with van der Waals surface area (Å²) in [6.07, 6.45) is 5.76. The molecule has 0 spiro atoms. The van der Waals surface area contributed by atoms with Crippen molar-refractivity contribution >= 4 is 17.3 Å². The van der Waals surface area contributed by atoms with Crippen LogP contribution < -0.4 is 10.1 Å². The molecule has 2 atom stereocenters. The average molecular weight is 456 g/mol. The Kier molecular flexibility index (Phi) is 6.04. The minimum atomic E-state index is -0.0608. The molecule has 0 radical (unpaired) electrons. The number of hydrogen-bond acceptors (Lipinski definition) is 4. The molecule has 3 aromatic heterocycles. The van der Waals surface area contributed by atoms with Crippen molar-refractivity contribution in [1.82, 2.24) is 24.8 Å². The van der Waals surface area contributed by atoms with E-state index in [2.05, 4.69) is 61.3 Å². The van der Waals surface area contributed by atoms with Crippen LogP contribution in [0.3, 0.4) is 0 Å². The molecule has 1 fully saturated rings. The van der Waals surface area contributed by atoms with Crippen LogP contribution in [0, 0.1) is 0 Å².